The predicted octanol–water partition coefficient (Wildman–Crippen LogP) is 2.51. The van der Waals surface area contributed by atoms with Gasteiger partial charge in [0.05, 0.1) is 7.11 Å². The highest BCUT2D eigenvalue weighted by Gasteiger charge is 2.23. The van der Waals surface area contributed by atoms with E-state index in [4.69, 9.17) is 9.47 Å². The number of ether oxygens (including phenoxy) is 2. The van der Waals surface area contributed by atoms with E-state index in [1.54, 1.807) is 13.2 Å². The highest BCUT2D eigenvalue weighted by atomic mass is 16.5. The minimum atomic E-state index is -0.573. The minimum Gasteiger partial charge on any atom is -0.497 e. The zero-order valence-corrected chi connectivity index (χ0v) is 17.4. The molecular formula is C23H30N2O4. The SMILES string of the molecule is COc1cccc(C(=O)N2CCN(CC(O)COc3cc(C)cc(C)c3)CC2)c1. The third-order valence-corrected chi connectivity index (χ3v) is 5.08. The first kappa shape index (κ1) is 21.1. The first-order valence-corrected chi connectivity index (χ1v) is 9.99. The summed E-state index contributed by atoms with van der Waals surface area (Å²) in [4.78, 5) is 16.7. The van der Waals surface area contributed by atoms with Gasteiger partial charge in [0.25, 0.3) is 5.91 Å². The second-order valence-electron chi connectivity index (χ2n) is 7.61. The number of aryl methyl sites for hydroxylation is 2. The van der Waals surface area contributed by atoms with Crippen molar-refractivity contribution in [1.82, 2.24) is 9.80 Å². The number of rotatable bonds is 7. The number of aliphatic hydroxyl groups excluding tert-OH is 1. The van der Waals surface area contributed by atoms with Crippen LogP contribution >= 0.6 is 0 Å². The molecule has 1 fully saturated rings. The van der Waals surface area contributed by atoms with Crippen molar-refractivity contribution in [2.24, 2.45) is 0 Å². The smallest absolute Gasteiger partial charge is 0.254 e. The first-order chi connectivity index (χ1) is 13.9. The van der Waals surface area contributed by atoms with Crippen LogP contribution in [-0.4, -0.2) is 73.4 Å². The predicted molar refractivity (Wildman–Crippen MR) is 113 cm³/mol. The maximum absolute atomic E-state index is 12.7. The lowest BCUT2D eigenvalue weighted by Gasteiger charge is -2.35. The summed E-state index contributed by atoms with van der Waals surface area (Å²) in [6, 6.07) is 13.3. The lowest BCUT2D eigenvalue weighted by Crippen LogP contribution is -2.50. The summed E-state index contributed by atoms with van der Waals surface area (Å²) >= 11 is 0. The van der Waals surface area contributed by atoms with E-state index in [2.05, 4.69) is 11.0 Å². The molecule has 0 aliphatic carbocycles. The van der Waals surface area contributed by atoms with Crippen LogP contribution in [-0.2, 0) is 0 Å². The molecule has 3 rings (SSSR count). The van der Waals surface area contributed by atoms with Crippen LogP contribution in [0.1, 0.15) is 21.5 Å². The van der Waals surface area contributed by atoms with Crippen molar-refractivity contribution in [1.29, 1.82) is 0 Å². The van der Waals surface area contributed by atoms with E-state index >= 15 is 0 Å². The highest BCUT2D eigenvalue weighted by Crippen LogP contribution is 2.17. The van der Waals surface area contributed by atoms with E-state index in [1.165, 1.54) is 0 Å². The number of benzene rings is 2. The molecule has 0 saturated carbocycles. The van der Waals surface area contributed by atoms with Gasteiger partial charge in [0.15, 0.2) is 0 Å². The molecule has 0 bridgehead atoms. The Bertz CT molecular complexity index is 811. The Morgan fingerprint density at radius 2 is 1.72 bits per heavy atom. The van der Waals surface area contributed by atoms with Crippen LogP contribution in [0.2, 0.25) is 0 Å². The van der Waals surface area contributed by atoms with Crippen molar-refractivity contribution < 1.29 is 19.4 Å². The third kappa shape index (κ3) is 5.95. The molecule has 1 heterocycles. The maximum atomic E-state index is 12.7. The molecule has 1 unspecified atom stereocenters. The number of methoxy groups -OCH3 is 1. The van der Waals surface area contributed by atoms with E-state index in [0.29, 0.717) is 30.9 Å². The molecule has 1 aliphatic heterocycles. The van der Waals surface area contributed by atoms with Crippen molar-refractivity contribution in [3.05, 3.63) is 59.2 Å². The maximum Gasteiger partial charge on any atom is 0.254 e. The zero-order valence-electron chi connectivity index (χ0n) is 17.4. The largest absolute Gasteiger partial charge is 0.497 e. The van der Waals surface area contributed by atoms with Crippen molar-refractivity contribution in [2.45, 2.75) is 20.0 Å². The van der Waals surface area contributed by atoms with Gasteiger partial charge in [-0.1, -0.05) is 12.1 Å². The number of nitrogens with zero attached hydrogens (tertiary/aromatic N) is 2. The fourth-order valence-corrected chi connectivity index (χ4v) is 3.63. The average Bonchev–Trinajstić information content (AvgIpc) is 2.72. The summed E-state index contributed by atoms with van der Waals surface area (Å²) < 4.78 is 11.0. The fourth-order valence-electron chi connectivity index (χ4n) is 3.63. The lowest BCUT2D eigenvalue weighted by molar-refractivity contribution is 0.0403. The molecule has 29 heavy (non-hydrogen) atoms. The second-order valence-corrected chi connectivity index (χ2v) is 7.61. The Morgan fingerprint density at radius 3 is 2.38 bits per heavy atom. The van der Waals surface area contributed by atoms with Crippen molar-refractivity contribution in [3.63, 3.8) is 0 Å². The van der Waals surface area contributed by atoms with Crippen LogP contribution in [0.15, 0.2) is 42.5 Å². The van der Waals surface area contributed by atoms with E-state index < -0.39 is 6.10 Å². The molecule has 2 aromatic carbocycles. The van der Waals surface area contributed by atoms with Gasteiger partial charge in [0.1, 0.15) is 24.2 Å². The molecule has 1 saturated heterocycles. The van der Waals surface area contributed by atoms with Gasteiger partial charge in [0, 0.05) is 38.3 Å². The van der Waals surface area contributed by atoms with Gasteiger partial charge in [0.2, 0.25) is 0 Å². The molecule has 1 N–H and O–H groups in total. The summed E-state index contributed by atoms with van der Waals surface area (Å²) in [7, 11) is 1.59. The van der Waals surface area contributed by atoms with Gasteiger partial charge in [-0.05, 0) is 55.3 Å². The van der Waals surface area contributed by atoms with Crippen LogP contribution in [0, 0.1) is 13.8 Å². The monoisotopic (exact) mass is 398 g/mol. The van der Waals surface area contributed by atoms with Crippen LogP contribution in [0.5, 0.6) is 11.5 Å². The Hall–Kier alpha value is -2.57. The molecule has 6 nitrogen and oxygen atoms in total. The fraction of sp³-hybridized carbons (Fsp3) is 0.435. The molecule has 1 amide bonds. The van der Waals surface area contributed by atoms with E-state index in [9.17, 15) is 9.90 Å². The van der Waals surface area contributed by atoms with Crippen LogP contribution in [0.3, 0.4) is 0 Å². The topological polar surface area (TPSA) is 62.2 Å². The van der Waals surface area contributed by atoms with Crippen LogP contribution in [0.25, 0.3) is 0 Å². The number of aliphatic hydroxyl groups is 1. The van der Waals surface area contributed by atoms with Gasteiger partial charge in [-0.15, -0.1) is 0 Å². The van der Waals surface area contributed by atoms with Crippen LogP contribution < -0.4 is 9.47 Å². The van der Waals surface area contributed by atoms with Gasteiger partial charge in [-0.3, -0.25) is 9.69 Å². The number of hydrogen-bond acceptors (Lipinski definition) is 5. The molecule has 0 radical (unpaired) electrons. The zero-order chi connectivity index (χ0) is 20.8. The van der Waals surface area contributed by atoms with Crippen molar-refractivity contribution in [3.8, 4) is 11.5 Å². The Kier molecular flexibility index (Phi) is 7.12. The normalized spacial score (nSPS) is 15.8. The standard InChI is InChI=1S/C23H30N2O4/c1-17-11-18(2)13-22(12-17)29-16-20(26)15-24-7-9-25(10-8-24)23(27)19-5-4-6-21(14-19)28-3/h4-6,11-14,20,26H,7-10,15-16H2,1-3H3. The molecular weight excluding hydrogens is 368 g/mol. The number of carbonyl (C=O) groups excluding carboxylic acids is 1. The Balaban J connectivity index is 1.44. The average molecular weight is 399 g/mol. The minimum absolute atomic E-state index is 0.0160. The molecule has 6 heteroatoms. The number of carbonyl (C=O) groups is 1. The third-order valence-electron chi connectivity index (χ3n) is 5.08. The number of β-amino-alcohol motifs (C(OH)–C–C–N with tert-alkyl or cyclic N) is 1. The molecule has 0 aromatic heterocycles. The summed E-state index contributed by atoms with van der Waals surface area (Å²) in [6.45, 7) is 7.59. The molecule has 1 atom stereocenters. The van der Waals surface area contributed by atoms with E-state index in [-0.39, 0.29) is 12.5 Å². The van der Waals surface area contributed by atoms with Crippen molar-refractivity contribution >= 4 is 5.91 Å². The van der Waals surface area contributed by atoms with Crippen molar-refractivity contribution in [2.75, 3.05) is 46.4 Å². The van der Waals surface area contributed by atoms with Gasteiger partial charge >= 0.3 is 0 Å². The molecule has 0 spiro atoms. The number of amides is 1. The number of piperazine rings is 1. The number of hydrogen-bond donors (Lipinski definition) is 1. The van der Waals surface area contributed by atoms with Gasteiger partial charge in [-0.2, -0.15) is 0 Å². The Morgan fingerprint density at radius 1 is 1.03 bits per heavy atom. The van der Waals surface area contributed by atoms with Crippen LogP contribution in [0.4, 0.5) is 0 Å². The molecule has 1 aliphatic rings. The first-order valence-electron chi connectivity index (χ1n) is 9.99. The van der Waals surface area contributed by atoms with Gasteiger partial charge < -0.3 is 19.5 Å². The lowest BCUT2D eigenvalue weighted by atomic mass is 10.1. The molecule has 2 aromatic rings. The van der Waals surface area contributed by atoms with Gasteiger partial charge in [-0.25, -0.2) is 0 Å². The summed E-state index contributed by atoms with van der Waals surface area (Å²) in [5.41, 5.74) is 2.93. The summed E-state index contributed by atoms with van der Waals surface area (Å²) in [5, 5.41) is 10.4. The highest BCUT2D eigenvalue weighted by molar-refractivity contribution is 5.94. The van der Waals surface area contributed by atoms with E-state index in [0.717, 1.165) is 30.0 Å². The van der Waals surface area contributed by atoms with E-state index in [1.807, 2.05) is 49.1 Å². The Labute approximate surface area is 172 Å². The summed E-state index contributed by atoms with van der Waals surface area (Å²) in [6.07, 6.45) is -0.573. The quantitative estimate of drug-likeness (QED) is 0.777. The molecule has 156 valence electrons. The second kappa shape index (κ2) is 9.76. The summed E-state index contributed by atoms with van der Waals surface area (Å²) in [5.74, 6) is 1.49.